The number of ether oxygens (including phenoxy) is 2. The predicted molar refractivity (Wildman–Crippen MR) is 108 cm³/mol. The van der Waals surface area contributed by atoms with Gasteiger partial charge >= 0.3 is 11.9 Å². The van der Waals surface area contributed by atoms with Gasteiger partial charge in [-0.2, -0.15) is 0 Å². The number of carbonyl (C=O) groups excluding carboxylic acids is 2. The smallest absolute Gasteiger partial charge is 0.336 e. The zero-order chi connectivity index (χ0) is 19.6. The molecule has 0 saturated heterocycles. The van der Waals surface area contributed by atoms with Crippen molar-refractivity contribution in [2.75, 3.05) is 6.61 Å². The molecule has 2 rings (SSSR count). The summed E-state index contributed by atoms with van der Waals surface area (Å²) in [4.78, 5) is 23.7. The van der Waals surface area contributed by atoms with Gasteiger partial charge in [0.25, 0.3) is 0 Å². The summed E-state index contributed by atoms with van der Waals surface area (Å²) in [5.74, 6) is -1.09. The van der Waals surface area contributed by atoms with Gasteiger partial charge in [-0.05, 0) is 12.5 Å². The molecule has 0 N–H and O–H groups in total. The van der Waals surface area contributed by atoms with Crippen molar-refractivity contribution in [2.24, 2.45) is 0 Å². The van der Waals surface area contributed by atoms with Crippen LogP contribution in [0.5, 0.6) is 5.75 Å². The molecular formula is C21H22Cl2O4. The lowest BCUT2D eigenvalue weighted by molar-refractivity contribution is -0.138. The van der Waals surface area contributed by atoms with E-state index in [1.54, 1.807) is 18.2 Å². The van der Waals surface area contributed by atoms with Crippen LogP contribution in [0, 0.1) is 0 Å². The normalized spacial score (nSPS) is 11.1. The van der Waals surface area contributed by atoms with Gasteiger partial charge in [0.1, 0.15) is 0 Å². The summed E-state index contributed by atoms with van der Waals surface area (Å²) >= 11 is 12.3. The highest BCUT2D eigenvalue weighted by Gasteiger charge is 2.13. The summed E-state index contributed by atoms with van der Waals surface area (Å²) in [6.45, 7) is 2.49. The molecule has 0 spiro atoms. The van der Waals surface area contributed by atoms with Crippen LogP contribution in [0.2, 0.25) is 10.0 Å². The molecule has 4 nitrogen and oxygen atoms in total. The molecule has 0 radical (unpaired) electrons. The molecule has 6 heteroatoms. The summed E-state index contributed by atoms with van der Waals surface area (Å²) < 4.78 is 10.4. The summed E-state index contributed by atoms with van der Waals surface area (Å²) in [6, 6.07) is 8.70. The van der Waals surface area contributed by atoms with E-state index < -0.39 is 11.9 Å². The maximum atomic E-state index is 12.0. The molecule has 0 aromatic heterocycles. The van der Waals surface area contributed by atoms with Crippen molar-refractivity contribution < 1.29 is 19.1 Å². The SMILES string of the molecule is CCCCCCCOC(=O)/C=C/C(=O)Oc1c(Cl)cc(Cl)c2ccccc12. The van der Waals surface area contributed by atoms with Crippen molar-refractivity contribution in [3.63, 3.8) is 0 Å². The van der Waals surface area contributed by atoms with Crippen LogP contribution in [0.25, 0.3) is 10.8 Å². The molecular weight excluding hydrogens is 387 g/mol. The lowest BCUT2D eigenvalue weighted by Crippen LogP contribution is -2.08. The zero-order valence-corrected chi connectivity index (χ0v) is 16.7. The van der Waals surface area contributed by atoms with E-state index in [1.807, 2.05) is 6.07 Å². The summed E-state index contributed by atoms with van der Waals surface area (Å²) in [5.41, 5.74) is 0. The van der Waals surface area contributed by atoms with E-state index in [-0.39, 0.29) is 10.8 Å². The number of carbonyl (C=O) groups is 2. The van der Waals surface area contributed by atoms with Crippen LogP contribution in [-0.2, 0) is 14.3 Å². The third-order valence-electron chi connectivity index (χ3n) is 3.95. The summed E-state index contributed by atoms with van der Waals surface area (Å²) in [5, 5.41) is 2.02. The Morgan fingerprint density at radius 1 is 0.926 bits per heavy atom. The lowest BCUT2D eigenvalue weighted by atomic mass is 10.1. The predicted octanol–water partition coefficient (Wildman–Crippen LogP) is 6.12. The first kappa shape index (κ1) is 21.3. The molecule has 0 aliphatic carbocycles. The fraction of sp³-hybridized carbons (Fsp3) is 0.333. The van der Waals surface area contributed by atoms with E-state index in [4.69, 9.17) is 32.7 Å². The van der Waals surface area contributed by atoms with Gasteiger partial charge in [0.15, 0.2) is 5.75 Å². The Kier molecular flexibility index (Phi) is 8.62. The Labute approximate surface area is 169 Å². The first-order chi connectivity index (χ1) is 13.0. The van der Waals surface area contributed by atoms with Crippen molar-refractivity contribution >= 4 is 45.9 Å². The van der Waals surface area contributed by atoms with Crippen molar-refractivity contribution in [1.82, 2.24) is 0 Å². The molecule has 0 unspecified atom stereocenters. The fourth-order valence-corrected chi connectivity index (χ4v) is 3.15. The minimum Gasteiger partial charge on any atom is -0.463 e. The van der Waals surface area contributed by atoms with Gasteiger partial charge in [-0.15, -0.1) is 0 Å². The van der Waals surface area contributed by atoms with Gasteiger partial charge in [0, 0.05) is 22.9 Å². The van der Waals surface area contributed by atoms with Gasteiger partial charge in [0.05, 0.1) is 16.7 Å². The van der Waals surface area contributed by atoms with E-state index >= 15 is 0 Å². The number of rotatable bonds is 9. The van der Waals surface area contributed by atoms with Crippen LogP contribution in [-0.4, -0.2) is 18.5 Å². The quantitative estimate of drug-likeness (QED) is 0.217. The molecule has 0 saturated carbocycles. The lowest BCUT2D eigenvalue weighted by Gasteiger charge is -2.09. The van der Waals surface area contributed by atoms with Gasteiger partial charge in [-0.1, -0.05) is 80.1 Å². The molecule has 2 aromatic carbocycles. The van der Waals surface area contributed by atoms with Crippen LogP contribution >= 0.6 is 23.2 Å². The van der Waals surface area contributed by atoms with Crippen LogP contribution in [0.1, 0.15) is 39.0 Å². The minimum atomic E-state index is -0.718. The molecule has 27 heavy (non-hydrogen) atoms. The van der Waals surface area contributed by atoms with Gasteiger partial charge < -0.3 is 9.47 Å². The third kappa shape index (κ3) is 6.56. The minimum absolute atomic E-state index is 0.204. The Bertz CT molecular complexity index is 830. The van der Waals surface area contributed by atoms with Crippen molar-refractivity contribution in [1.29, 1.82) is 0 Å². The molecule has 0 bridgehead atoms. The second-order valence-corrected chi connectivity index (χ2v) is 6.87. The highest BCUT2D eigenvalue weighted by molar-refractivity contribution is 6.40. The molecule has 0 aliphatic heterocycles. The molecule has 0 heterocycles. The molecule has 0 fully saturated rings. The number of fused-ring (bicyclic) bond motifs is 1. The molecule has 144 valence electrons. The number of halogens is 2. The van der Waals surface area contributed by atoms with E-state index in [0.717, 1.165) is 43.2 Å². The van der Waals surface area contributed by atoms with Crippen LogP contribution in [0.15, 0.2) is 42.5 Å². The average Bonchev–Trinajstić information content (AvgIpc) is 2.66. The Hall–Kier alpha value is -2.04. The van der Waals surface area contributed by atoms with Crippen LogP contribution < -0.4 is 4.74 Å². The van der Waals surface area contributed by atoms with E-state index in [0.29, 0.717) is 17.0 Å². The van der Waals surface area contributed by atoms with Gasteiger partial charge in [-0.3, -0.25) is 0 Å². The topological polar surface area (TPSA) is 52.6 Å². The van der Waals surface area contributed by atoms with E-state index in [2.05, 4.69) is 6.92 Å². The van der Waals surface area contributed by atoms with E-state index in [9.17, 15) is 9.59 Å². The largest absolute Gasteiger partial charge is 0.463 e. The maximum absolute atomic E-state index is 12.0. The van der Waals surface area contributed by atoms with Crippen molar-refractivity contribution in [3.05, 3.63) is 52.5 Å². The van der Waals surface area contributed by atoms with Gasteiger partial charge in [-0.25, -0.2) is 9.59 Å². The average molecular weight is 409 g/mol. The Morgan fingerprint density at radius 2 is 1.59 bits per heavy atom. The number of hydrogen-bond donors (Lipinski definition) is 0. The van der Waals surface area contributed by atoms with Crippen LogP contribution in [0.4, 0.5) is 0 Å². The van der Waals surface area contributed by atoms with E-state index in [1.165, 1.54) is 12.5 Å². The van der Waals surface area contributed by atoms with Crippen molar-refractivity contribution in [3.8, 4) is 5.75 Å². The third-order valence-corrected chi connectivity index (χ3v) is 4.54. The van der Waals surface area contributed by atoms with Gasteiger partial charge in [0.2, 0.25) is 0 Å². The fourth-order valence-electron chi connectivity index (χ4n) is 2.57. The standard InChI is InChI=1S/C21H22Cl2O4/c1-2-3-4-5-8-13-26-19(24)11-12-20(25)27-21-16-10-7-6-9-15(16)17(22)14-18(21)23/h6-7,9-12,14H,2-5,8,13H2,1H3/b12-11+. The Morgan fingerprint density at radius 3 is 2.33 bits per heavy atom. The number of benzene rings is 2. The molecule has 0 aliphatic rings. The summed E-state index contributed by atoms with van der Waals surface area (Å²) in [7, 11) is 0. The number of unbranched alkanes of at least 4 members (excludes halogenated alkanes) is 4. The van der Waals surface area contributed by atoms with Crippen LogP contribution in [0.3, 0.4) is 0 Å². The second kappa shape index (κ2) is 11.0. The Balaban J connectivity index is 1.91. The number of esters is 2. The first-order valence-corrected chi connectivity index (χ1v) is 9.72. The summed E-state index contributed by atoms with van der Waals surface area (Å²) in [6.07, 6.45) is 7.40. The number of hydrogen-bond acceptors (Lipinski definition) is 4. The monoisotopic (exact) mass is 408 g/mol. The maximum Gasteiger partial charge on any atom is 0.336 e. The molecule has 2 aromatic rings. The highest BCUT2D eigenvalue weighted by Crippen LogP contribution is 2.38. The zero-order valence-electron chi connectivity index (χ0n) is 15.2. The second-order valence-electron chi connectivity index (χ2n) is 6.05. The molecule has 0 atom stereocenters. The first-order valence-electron chi connectivity index (χ1n) is 8.96. The molecule has 0 amide bonds. The highest BCUT2D eigenvalue weighted by atomic mass is 35.5. The van der Waals surface area contributed by atoms with Crippen molar-refractivity contribution in [2.45, 2.75) is 39.0 Å².